The van der Waals surface area contributed by atoms with E-state index < -0.39 is 19.2 Å². The maximum absolute atomic E-state index is 14.5. The van der Waals surface area contributed by atoms with E-state index in [1.807, 2.05) is 98.5 Å². The van der Waals surface area contributed by atoms with Crippen molar-refractivity contribution >= 4 is 165 Å². The van der Waals surface area contributed by atoms with Crippen molar-refractivity contribution in [1.29, 1.82) is 0 Å². The Labute approximate surface area is 579 Å². The van der Waals surface area contributed by atoms with Crippen LogP contribution in [0.1, 0.15) is 62.4 Å². The standard InChI is InChI=1S/C15H14ClFN4S.C12H20N4O3.C11H12BrFN2S.C10H9BrClFN2.C4H2Cl2N2.2CH3F.CH4S.Na/c1-8(2)21-12-7-9(11-4-5-18-14(16)19-11)6-10(17)13(12)20-15(21)22-3;1-14(2)5-6-15(3)10-8-12(19-4)9(13)7-11(10)16(17)18;1-6(2)15-9-5-7(12)4-8(13)10(9)14-11(15)16-3;1-5(2)15-8-4-6(11)3-7(13)9(8)14-10(15)12;5-3-1-2-7-4(6)8-3;3*1-2;/h4-8H,1-3H3;7-8H,5-6,13H2,1-4H3;4-6H,1-3H3;3-5H,1-2H3;1-2H;2*1H3;2H,1H3;/q;;;;;;;;+1/p-1/i;;;;;2*1D;;. The van der Waals surface area contributed by atoms with Gasteiger partial charge in [-0.15, -0.1) is 0 Å². The van der Waals surface area contributed by atoms with Gasteiger partial charge in [-0.05, 0) is 151 Å². The first-order chi connectivity index (χ1) is 41.5. The molecule has 470 valence electrons. The molecular formula is C55H66Br2Cl4F5N14NaO3S3. The van der Waals surface area contributed by atoms with Gasteiger partial charge in [0, 0.05) is 77.3 Å². The summed E-state index contributed by atoms with van der Waals surface area (Å²) in [5, 5.41) is 13.7. The molecule has 0 aliphatic rings. The van der Waals surface area contributed by atoms with E-state index in [4.69, 9.17) is 59.6 Å². The van der Waals surface area contributed by atoms with Gasteiger partial charge in [0.05, 0.1) is 57.0 Å². The second-order valence-corrected chi connectivity index (χ2v) is 23.0. The van der Waals surface area contributed by atoms with Crippen LogP contribution in [-0.2, 0) is 12.6 Å². The number of nitrogen functional groups attached to an aromatic ring is 1. The molecule has 0 aliphatic carbocycles. The first-order valence-electron chi connectivity index (χ1n) is 26.4. The summed E-state index contributed by atoms with van der Waals surface area (Å²) in [5.41, 5.74) is 11.1. The molecule has 0 amide bonds. The van der Waals surface area contributed by atoms with Crippen LogP contribution in [0.5, 0.6) is 5.75 Å². The van der Waals surface area contributed by atoms with Crippen LogP contribution < -0.4 is 44.9 Å². The fourth-order valence-corrected chi connectivity index (χ4v) is 10.8. The minimum atomic E-state index is -1.00. The number of fused-ring (bicyclic) bond motifs is 3. The minimum Gasteiger partial charge on any atom is -0.796 e. The van der Waals surface area contributed by atoms with E-state index >= 15 is 0 Å². The van der Waals surface area contributed by atoms with E-state index in [1.54, 1.807) is 35.2 Å². The molecule has 87 heavy (non-hydrogen) atoms. The molecule has 0 atom stereocenters. The average molecular weight is 1490 g/mol. The number of nitro groups is 1. The van der Waals surface area contributed by atoms with Crippen LogP contribution in [-0.4, -0.2) is 133 Å². The molecule has 0 saturated carbocycles. The third-order valence-electron chi connectivity index (χ3n) is 11.3. The van der Waals surface area contributed by atoms with Crippen molar-refractivity contribution in [2.75, 3.05) is 85.1 Å². The smallest absolute Gasteiger partial charge is 0.796 e. The molecule has 0 fully saturated rings. The number of hydrogen-bond acceptors (Lipinski definition) is 16. The van der Waals surface area contributed by atoms with Crippen LogP contribution in [0.2, 0.25) is 21.0 Å². The fourth-order valence-electron chi connectivity index (χ4n) is 7.73. The van der Waals surface area contributed by atoms with Gasteiger partial charge in [-0.2, -0.15) is 6.26 Å². The Kier molecular flexibility index (Phi) is 35.5. The fraction of sp³-hybridized carbons (Fsp3) is 0.364. The van der Waals surface area contributed by atoms with Crippen molar-refractivity contribution in [3.05, 3.63) is 131 Å². The predicted molar refractivity (Wildman–Crippen MR) is 356 cm³/mol. The Hall–Kier alpha value is -3.97. The van der Waals surface area contributed by atoms with Crippen molar-refractivity contribution in [1.82, 2.24) is 53.5 Å². The molecule has 5 heterocycles. The molecule has 2 N–H and O–H groups in total. The minimum absolute atomic E-state index is 0. The Balaban J connectivity index is 0.000000550. The van der Waals surface area contributed by atoms with Crippen LogP contribution in [0.15, 0.2) is 92.3 Å². The van der Waals surface area contributed by atoms with E-state index in [9.17, 15) is 32.1 Å². The molecule has 0 aliphatic heterocycles. The number of nitro benzene ring substituents is 1. The van der Waals surface area contributed by atoms with Crippen LogP contribution in [0.25, 0.3) is 44.4 Å². The summed E-state index contributed by atoms with van der Waals surface area (Å²) in [6.07, 6.45) is 8.52. The second-order valence-electron chi connectivity index (χ2n) is 18.2. The van der Waals surface area contributed by atoms with Gasteiger partial charge >= 0.3 is 29.6 Å². The summed E-state index contributed by atoms with van der Waals surface area (Å²) in [6, 6.07) is 16.7. The van der Waals surface area contributed by atoms with Crippen molar-refractivity contribution < 1.29 is 63.9 Å². The summed E-state index contributed by atoms with van der Waals surface area (Å²) in [5.74, 6) is -0.561. The average Bonchev–Trinajstić information content (AvgIpc) is 2.13. The molecule has 32 heteroatoms. The molecular weight excluding hydrogens is 1420 g/mol. The van der Waals surface area contributed by atoms with Gasteiger partial charge in [0.15, 0.2) is 27.8 Å². The van der Waals surface area contributed by atoms with Gasteiger partial charge in [-0.3, -0.25) is 18.9 Å². The molecule has 9 aromatic rings. The zero-order chi connectivity index (χ0) is 66.9. The SMILES string of the molecule is CC(C)n1c(Cl)nc2c(F)cc(Br)cc21.COc1cc(N(C)CCN(C)C)c([N+](=O)[O-])cc1N.CSc1nc2c(F)cc(-c3ccnc(Cl)n3)cc2n1C(C)C.CSc1nc2c(F)cc(Br)cc2n1C(C)C.C[S-].Clc1ccnc(Cl)n1.[2H]CF.[2H]CF.[Na+]. The summed E-state index contributed by atoms with van der Waals surface area (Å²) >= 11 is 36.2. The third kappa shape index (κ3) is 23.0. The number of methoxy groups -OCH3 is 1. The number of aromatic nitrogens is 10. The third-order valence-corrected chi connectivity index (χ3v) is 14.4. The Bertz CT molecular complexity index is 3670. The summed E-state index contributed by atoms with van der Waals surface area (Å²) in [7, 11) is 5.19. The Morgan fingerprint density at radius 1 is 0.701 bits per heavy atom. The Morgan fingerprint density at radius 3 is 1.54 bits per heavy atom. The van der Waals surface area contributed by atoms with Gasteiger partial charge in [0.25, 0.3) is 5.69 Å². The molecule has 17 nitrogen and oxygen atoms in total. The number of thioether (sulfide) groups is 2. The normalized spacial score (nSPS) is 10.7. The number of hydrogen-bond donors (Lipinski definition) is 1. The van der Waals surface area contributed by atoms with Crippen molar-refractivity contribution in [3.63, 3.8) is 0 Å². The van der Waals surface area contributed by atoms with Crippen LogP contribution in [0.4, 0.5) is 39.0 Å². The molecule has 0 spiro atoms. The molecule has 0 bridgehead atoms. The Morgan fingerprint density at radius 2 is 1.14 bits per heavy atom. The monoisotopic (exact) mass is 1480 g/mol. The molecule has 5 aromatic heterocycles. The van der Waals surface area contributed by atoms with Gasteiger partial charge in [0.2, 0.25) is 15.9 Å². The summed E-state index contributed by atoms with van der Waals surface area (Å²) in [6.45, 7) is 13.7. The van der Waals surface area contributed by atoms with Crippen molar-refractivity contribution in [2.45, 2.75) is 70.0 Å². The van der Waals surface area contributed by atoms with Crippen molar-refractivity contribution in [2.24, 2.45) is 0 Å². The zero-order valence-electron chi connectivity index (χ0n) is 52.0. The molecule has 4 aromatic carbocycles. The number of imidazole rings is 3. The van der Waals surface area contributed by atoms with Crippen LogP contribution in [0, 0.1) is 27.6 Å². The number of nitrogens with zero attached hydrogens (tertiary/aromatic N) is 13. The number of rotatable bonds is 12. The molecule has 0 unspecified atom stereocenters. The maximum Gasteiger partial charge on any atom is 1.00 e. The number of alkyl halides is 2. The quantitative estimate of drug-likeness (QED) is 0.0140. The molecule has 0 saturated heterocycles. The topological polar surface area (TPSA) is 190 Å². The van der Waals surface area contributed by atoms with Gasteiger partial charge < -0.3 is 46.6 Å². The largest absolute Gasteiger partial charge is 1.00 e. The second kappa shape index (κ2) is 40.0. The maximum atomic E-state index is 14.5. The van der Waals surface area contributed by atoms with Gasteiger partial charge in [-0.1, -0.05) is 67.0 Å². The van der Waals surface area contributed by atoms with E-state index in [1.165, 1.54) is 61.1 Å². The first-order valence-corrected chi connectivity index (χ1v) is 31.3. The summed E-state index contributed by atoms with van der Waals surface area (Å²) < 4.78 is 85.1. The van der Waals surface area contributed by atoms with E-state index in [0.29, 0.717) is 66.2 Å². The molecule has 9 rings (SSSR count). The van der Waals surface area contributed by atoms with E-state index in [2.05, 4.69) is 93.2 Å². The number of benzene rings is 4. The molecule has 0 radical (unpaired) electrons. The zero-order valence-corrected chi connectivity index (χ0v) is 60.6. The first kappa shape index (κ1) is 77.3. The number of ether oxygens (including phenoxy) is 1. The van der Waals surface area contributed by atoms with Crippen LogP contribution in [0.3, 0.4) is 0 Å². The number of halogens is 11. The van der Waals surface area contributed by atoms with E-state index in [0.717, 1.165) is 32.4 Å². The summed E-state index contributed by atoms with van der Waals surface area (Å²) in [4.78, 5) is 42.4. The predicted octanol–water partition coefficient (Wildman–Crippen LogP) is 14.3. The van der Waals surface area contributed by atoms with Crippen LogP contribution >= 0.6 is 102 Å². The van der Waals surface area contributed by atoms with E-state index in [-0.39, 0.29) is 87.1 Å². The van der Waals surface area contributed by atoms with Gasteiger partial charge in [-0.25, -0.2) is 48.1 Å². The van der Waals surface area contributed by atoms with Gasteiger partial charge in [0.1, 0.15) is 33.1 Å². The van der Waals surface area contributed by atoms with Crippen molar-refractivity contribution in [3.8, 4) is 17.0 Å². The number of anilines is 2. The number of likely N-dealkylation sites (N-methyl/N-ethyl adjacent to an activating group) is 2. The number of nitrogens with two attached hydrogens (primary N) is 1.